The van der Waals surface area contributed by atoms with Gasteiger partial charge in [0.05, 0.1) is 12.1 Å². The second-order valence-corrected chi connectivity index (χ2v) is 4.69. The minimum absolute atomic E-state index is 0.0874. The van der Waals surface area contributed by atoms with Gasteiger partial charge in [-0.05, 0) is 6.42 Å². The molecule has 1 amide bonds. The van der Waals surface area contributed by atoms with Crippen LogP contribution < -0.4 is 15.5 Å². The van der Waals surface area contributed by atoms with Gasteiger partial charge in [-0.2, -0.15) is 4.98 Å². The molecule has 1 rings (SSSR count). The highest BCUT2D eigenvalue weighted by molar-refractivity contribution is 5.78. The molecule has 2 N–H and O–H groups in total. The molecule has 0 aliphatic heterocycles. The van der Waals surface area contributed by atoms with E-state index >= 15 is 0 Å². The molecule has 0 aromatic carbocycles. The van der Waals surface area contributed by atoms with Gasteiger partial charge in [0.1, 0.15) is 0 Å². The smallest absolute Gasteiger partial charge is 0.224 e. The highest BCUT2D eigenvalue weighted by Crippen LogP contribution is 2.17. The summed E-state index contributed by atoms with van der Waals surface area (Å²) in [6.07, 6.45) is 2.07. The van der Waals surface area contributed by atoms with Gasteiger partial charge in [0, 0.05) is 27.2 Å². The van der Waals surface area contributed by atoms with E-state index in [4.69, 9.17) is 0 Å². The van der Waals surface area contributed by atoms with Crippen molar-refractivity contribution in [3.8, 4) is 0 Å². The molecule has 20 heavy (non-hydrogen) atoms. The van der Waals surface area contributed by atoms with Gasteiger partial charge < -0.3 is 15.5 Å². The molecule has 1 atom stereocenters. The molecule has 6 nitrogen and oxygen atoms in total. The summed E-state index contributed by atoms with van der Waals surface area (Å²) in [6, 6.07) is 0. The van der Waals surface area contributed by atoms with Gasteiger partial charge in [0.15, 0.2) is 11.6 Å². The molecule has 0 saturated heterocycles. The van der Waals surface area contributed by atoms with E-state index in [1.807, 2.05) is 6.92 Å². The predicted octanol–water partition coefficient (Wildman–Crippen LogP) is 1.26. The first-order valence-electron chi connectivity index (χ1n) is 6.68. The second kappa shape index (κ2) is 7.62. The van der Waals surface area contributed by atoms with Gasteiger partial charge in [0.25, 0.3) is 0 Å². The molecule has 1 unspecified atom stereocenters. The van der Waals surface area contributed by atoms with Crippen LogP contribution in [0, 0.1) is 11.7 Å². The zero-order valence-electron chi connectivity index (χ0n) is 12.4. The zero-order chi connectivity index (χ0) is 15.1. The molecule has 112 valence electrons. The molecule has 0 aliphatic rings. The molecule has 0 spiro atoms. The SMILES string of the molecule is CCCNc1ncc(F)c(N(C)CC(C)C(=O)NC)n1. The maximum Gasteiger partial charge on any atom is 0.224 e. The van der Waals surface area contributed by atoms with Gasteiger partial charge in [-0.3, -0.25) is 4.79 Å². The highest BCUT2D eigenvalue weighted by atomic mass is 19.1. The van der Waals surface area contributed by atoms with Crippen LogP contribution in [0.4, 0.5) is 16.2 Å². The zero-order valence-corrected chi connectivity index (χ0v) is 12.4. The Hall–Kier alpha value is -1.92. The minimum atomic E-state index is -0.501. The molecule has 0 bridgehead atoms. The van der Waals surface area contributed by atoms with Crippen LogP contribution in [0.1, 0.15) is 20.3 Å². The third-order valence-electron chi connectivity index (χ3n) is 2.86. The van der Waals surface area contributed by atoms with Crippen molar-refractivity contribution in [3.05, 3.63) is 12.0 Å². The molecule has 1 heterocycles. The summed E-state index contributed by atoms with van der Waals surface area (Å²) >= 11 is 0. The normalized spacial score (nSPS) is 11.8. The van der Waals surface area contributed by atoms with Crippen LogP contribution in [0.15, 0.2) is 6.20 Å². The number of aromatic nitrogens is 2. The first kappa shape index (κ1) is 16.1. The Labute approximate surface area is 118 Å². The van der Waals surface area contributed by atoms with Crippen molar-refractivity contribution >= 4 is 17.7 Å². The van der Waals surface area contributed by atoms with Gasteiger partial charge in [-0.15, -0.1) is 0 Å². The number of halogens is 1. The number of carbonyl (C=O) groups is 1. The van der Waals surface area contributed by atoms with E-state index < -0.39 is 5.82 Å². The first-order chi connectivity index (χ1) is 9.49. The molecule has 1 aromatic rings. The molecule has 0 saturated carbocycles. The Morgan fingerprint density at radius 1 is 1.55 bits per heavy atom. The van der Waals surface area contributed by atoms with Crippen molar-refractivity contribution in [2.24, 2.45) is 5.92 Å². The Morgan fingerprint density at radius 2 is 2.25 bits per heavy atom. The van der Waals surface area contributed by atoms with Gasteiger partial charge >= 0.3 is 0 Å². The van der Waals surface area contributed by atoms with Crippen LogP contribution in [0.5, 0.6) is 0 Å². The number of amides is 1. The topological polar surface area (TPSA) is 70.2 Å². The number of hydrogen-bond acceptors (Lipinski definition) is 5. The van der Waals surface area contributed by atoms with Crippen LogP contribution in [-0.2, 0) is 4.79 Å². The Kier molecular flexibility index (Phi) is 6.14. The number of carbonyl (C=O) groups excluding carboxylic acids is 1. The lowest BCUT2D eigenvalue weighted by Crippen LogP contribution is -2.35. The van der Waals surface area contributed by atoms with Crippen molar-refractivity contribution in [3.63, 3.8) is 0 Å². The van der Waals surface area contributed by atoms with E-state index in [1.165, 1.54) is 0 Å². The fourth-order valence-electron chi connectivity index (χ4n) is 1.77. The van der Waals surface area contributed by atoms with Crippen molar-refractivity contribution in [1.82, 2.24) is 15.3 Å². The number of rotatable bonds is 7. The Balaban J connectivity index is 2.80. The fourth-order valence-corrected chi connectivity index (χ4v) is 1.77. The van der Waals surface area contributed by atoms with E-state index in [0.717, 1.165) is 19.2 Å². The summed E-state index contributed by atoms with van der Waals surface area (Å²) in [5.74, 6) is -0.266. The molecule has 0 fully saturated rings. The van der Waals surface area contributed by atoms with Crippen LogP contribution >= 0.6 is 0 Å². The van der Waals surface area contributed by atoms with Crippen LogP contribution in [0.3, 0.4) is 0 Å². The lowest BCUT2D eigenvalue weighted by atomic mass is 10.1. The summed E-state index contributed by atoms with van der Waals surface area (Å²) in [5, 5.41) is 5.58. The average molecular weight is 283 g/mol. The van der Waals surface area contributed by atoms with Gasteiger partial charge in [0.2, 0.25) is 11.9 Å². The van der Waals surface area contributed by atoms with Crippen LogP contribution in [-0.4, -0.2) is 43.1 Å². The molecule has 0 aliphatic carbocycles. The number of anilines is 2. The fraction of sp³-hybridized carbons (Fsp3) is 0.615. The van der Waals surface area contributed by atoms with Crippen molar-refractivity contribution in [1.29, 1.82) is 0 Å². The van der Waals surface area contributed by atoms with E-state index in [1.54, 1.807) is 25.9 Å². The Morgan fingerprint density at radius 3 is 2.85 bits per heavy atom. The summed E-state index contributed by atoms with van der Waals surface area (Å²) in [6.45, 7) is 4.91. The number of nitrogens with zero attached hydrogens (tertiary/aromatic N) is 3. The second-order valence-electron chi connectivity index (χ2n) is 4.69. The third kappa shape index (κ3) is 4.32. The van der Waals surface area contributed by atoms with Gasteiger partial charge in [-0.25, -0.2) is 9.37 Å². The van der Waals surface area contributed by atoms with E-state index in [-0.39, 0.29) is 17.6 Å². The summed E-state index contributed by atoms with van der Waals surface area (Å²) in [7, 11) is 3.28. The number of hydrogen-bond donors (Lipinski definition) is 2. The van der Waals surface area contributed by atoms with E-state index in [2.05, 4.69) is 20.6 Å². The molecular weight excluding hydrogens is 261 g/mol. The minimum Gasteiger partial charge on any atom is -0.359 e. The molecule has 0 radical (unpaired) electrons. The van der Waals surface area contributed by atoms with Gasteiger partial charge in [-0.1, -0.05) is 13.8 Å². The average Bonchev–Trinajstić information content (AvgIpc) is 2.45. The maximum absolute atomic E-state index is 13.8. The van der Waals surface area contributed by atoms with Crippen LogP contribution in [0.25, 0.3) is 0 Å². The molecular formula is C13H22FN5O. The largest absolute Gasteiger partial charge is 0.359 e. The highest BCUT2D eigenvalue weighted by Gasteiger charge is 2.17. The first-order valence-corrected chi connectivity index (χ1v) is 6.68. The summed E-state index contributed by atoms with van der Waals surface area (Å²) < 4.78 is 13.8. The quantitative estimate of drug-likeness (QED) is 0.788. The summed E-state index contributed by atoms with van der Waals surface area (Å²) in [4.78, 5) is 21.1. The van der Waals surface area contributed by atoms with Crippen LogP contribution in [0.2, 0.25) is 0 Å². The van der Waals surface area contributed by atoms with Crippen molar-refractivity contribution < 1.29 is 9.18 Å². The maximum atomic E-state index is 13.8. The lowest BCUT2D eigenvalue weighted by Gasteiger charge is -2.22. The summed E-state index contributed by atoms with van der Waals surface area (Å²) in [5.41, 5.74) is 0. The van der Waals surface area contributed by atoms with E-state index in [0.29, 0.717) is 12.5 Å². The number of nitrogens with one attached hydrogen (secondary N) is 2. The monoisotopic (exact) mass is 283 g/mol. The molecule has 7 heteroatoms. The van der Waals surface area contributed by atoms with Crippen molar-refractivity contribution in [2.75, 3.05) is 37.4 Å². The Bertz CT molecular complexity index is 454. The van der Waals surface area contributed by atoms with Crippen molar-refractivity contribution in [2.45, 2.75) is 20.3 Å². The molecule has 1 aromatic heterocycles. The van der Waals surface area contributed by atoms with E-state index in [9.17, 15) is 9.18 Å². The predicted molar refractivity (Wildman–Crippen MR) is 77.3 cm³/mol. The lowest BCUT2D eigenvalue weighted by molar-refractivity contribution is -0.123. The third-order valence-corrected chi connectivity index (χ3v) is 2.86. The standard InChI is InChI=1S/C13H22FN5O/c1-5-6-16-13-17-7-10(14)11(18-13)19(4)8-9(2)12(20)15-3/h7,9H,5-6,8H2,1-4H3,(H,15,20)(H,16,17,18).